The van der Waals surface area contributed by atoms with Gasteiger partial charge in [0.2, 0.25) is 0 Å². The molecule has 0 saturated carbocycles. The SMILES string of the molecule is N#Cc1c2c(nn(-c3c(F)cccc3Cl)c1=N)COCC2. The molecule has 5 nitrogen and oxygen atoms in total. The van der Waals surface area contributed by atoms with Crippen molar-refractivity contribution in [2.45, 2.75) is 13.0 Å². The Kier molecular flexibility index (Phi) is 3.45. The van der Waals surface area contributed by atoms with Crippen LogP contribution in [0.25, 0.3) is 5.69 Å². The first kappa shape index (κ1) is 13.7. The number of hydrogen-bond donors (Lipinski definition) is 1. The molecule has 1 aliphatic rings. The molecule has 7 heteroatoms. The first-order chi connectivity index (χ1) is 10.1. The van der Waals surface area contributed by atoms with Crippen LogP contribution in [0.5, 0.6) is 0 Å². The number of hydrogen-bond acceptors (Lipinski definition) is 4. The minimum absolute atomic E-state index is 0.0333. The molecule has 21 heavy (non-hydrogen) atoms. The van der Waals surface area contributed by atoms with Crippen molar-refractivity contribution < 1.29 is 9.13 Å². The van der Waals surface area contributed by atoms with E-state index in [0.717, 1.165) is 4.68 Å². The second kappa shape index (κ2) is 5.28. The smallest absolute Gasteiger partial charge is 0.165 e. The minimum atomic E-state index is -0.603. The molecule has 0 unspecified atom stereocenters. The van der Waals surface area contributed by atoms with Crippen molar-refractivity contribution in [3.05, 3.63) is 51.3 Å². The Balaban J connectivity index is 2.35. The first-order valence-corrected chi connectivity index (χ1v) is 6.63. The fourth-order valence-corrected chi connectivity index (χ4v) is 2.57. The number of ether oxygens (including phenoxy) is 1. The molecule has 0 atom stereocenters. The van der Waals surface area contributed by atoms with Gasteiger partial charge in [-0.3, -0.25) is 5.41 Å². The Morgan fingerprint density at radius 3 is 3.00 bits per heavy atom. The fraction of sp³-hybridized carbons (Fsp3) is 0.214. The van der Waals surface area contributed by atoms with Crippen LogP contribution in [-0.4, -0.2) is 16.4 Å². The Morgan fingerprint density at radius 1 is 1.48 bits per heavy atom. The summed E-state index contributed by atoms with van der Waals surface area (Å²) < 4.78 is 20.4. The molecule has 1 aromatic carbocycles. The van der Waals surface area contributed by atoms with E-state index >= 15 is 0 Å². The lowest BCUT2D eigenvalue weighted by molar-refractivity contribution is 0.105. The molecule has 0 saturated heterocycles. The van der Waals surface area contributed by atoms with E-state index in [2.05, 4.69) is 5.10 Å². The van der Waals surface area contributed by atoms with Gasteiger partial charge >= 0.3 is 0 Å². The lowest BCUT2D eigenvalue weighted by Gasteiger charge is -2.19. The van der Waals surface area contributed by atoms with Gasteiger partial charge in [-0.15, -0.1) is 0 Å². The van der Waals surface area contributed by atoms with Crippen molar-refractivity contribution in [2.24, 2.45) is 0 Å². The number of fused-ring (bicyclic) bond motifs is 1. The Labute approximate surface area is 124 Å². The van der Waals surface area contributed by atoms with Gasteiger partial charge < -0.3 is 4.74 Å². The quantitative estimate of drug-likeness (QED) is 0.876. The third kappa shape index (κ3) is 2.20. The topological polar surface area (TPSA) is 74.7 Å². The zero-order valence-corrected chi connectivity index (χ0v) is 11.6. The van der Waals surface area contributed by atoms with E-state index in [1.165, 1.54) is 18.2 Å². The van der Waals surface area contributed by atoms with Crippen LogP contribution in [0.3, 0.4) is 0 Å². The summed E-state index contributed by atoms with van der Waals surface area (Å²) >= 11 is 6.02. The third-order valence-corrected chi connectivity index (χ3v) is 3.62. The summed E-state index contributed by atoms with van der Waals surface area (Å²) in [4.78, 5) is 0. The van der Waals surface area contributed by atoms with E-state index < -0.39 is 5.82 Å². The molecule has 1 N–H and O–H groups in total. The van der Waals surface area contributed by atoms with Gasteiger partial charge in [-0.2, -0.15) is 10.4 Å². The highest BCUT2D eigenvalue weighted by molar-refractivity contribution is 6.32. The molecule has 1 aliphatic heterocycles. The maximum absolute atomic E-state index is 14.0. The number of nitrogens with zero attached hydrogens (tertiary/aromatic N) is 3. The van der Waals surface area contributed by atoms with Crippen molar-refractivity contribution in [3.63, 3.8) is 0 Å². The molecule has 0 radical (unpaired) electrons. The largest absolute Gasteiger partial charge is 0.375 e. The zero-order valence-electron chi connectivity index (χ0n) is 10.9. The summed E-state index contributed by atoms with van der Waals surface area (Å²) in [6.07, 6.45) is 0.517. The lowest BCUT2D eigenvalue weighted by Crippen LogP contribution is -2.30. The number of rotatable bonds is 1. The highest BCUT2D eigenvalue weighted by Gasteiger charge is 2.21. The maximum Gasteiger partial charge on any atom is 0.165 e. The minimum Gasteiger partial charge on any atom is -0.375 e. The summed E-state index contributed by atoms with van der Waals surface area (Å²) in [5.74, 6) is -0.603. The third-order valence-electron chi connectivity index (χ3n) is 3.32. The van der Waals surface area contributed by atoms with Crippen molar-refractivity contribution in [3.8, 4) is 11.8 Å². The predicted molar refractivity (Wildman–Crippen MR) is 72.5 cm³/mol. The highest BCUT2D eigenvalue weighted by Crippen LogP contribution is 2.23. The average Bonchev–Trinajstić information content (AvgIpc) is 2.47. The number of benzene rings is 1. The molecule has 0 fully saturated rings. The van der Waals surface area contributed by atoms with Crippen LogP contribution in [0.2, 0.25) is 5.02 Å². The number of aromatic nitrogens is 2. The second-order valence-corrected chi connectivity index (χ2v) is 4.95. The van der Waals surface area contributed by atoms with Crippen LogP contribution in [0.15, 0.2) is 18.2 Å². The van der Waals surface area contributed by atoms with Crippen LogP contribution >= 0.6 is 11.6 Å². The van der Waals surface area contributed by atoms with Gasteiger partial charge in [0, 0.05) is 5.56 Å². The molecule has 0 amide bonds. The number of nitriles is 1. The van der Waals surface area contributed by atoms with Gasteiger partial charge in [0.1, 0.15) is 23.1 Å². The summed E-state index contributed by atoms with van der Waals surface area (Å²) in [7, 11) is 0. The van der Waals surface area contributed by atoms with Crippen LogP contribution in [-0.2, 0) is 17.8 Å². The van der Waals surface area contributed by atoms with E-state index in [-0.39, 0.29) is 28.4 Å². The van der Waals surface area contributed by atoms with E-state index in [4.69, 9.17) is 21.7 Å². The number of nitrogens with one attached hydrogen (secondary N) is 1. The van der Waals surface area contributed by atoms with Crippen LogP contribution in [0.1, 0.15) is 16.8 Å². The Morgan fingerprint density at radius 2 is 2.29 bits per heavy atom. The molecule has 106 valence electrons. The van der Waals surface area contributed by atoms with Gasteiger partial charge in [0.05, 0.1) is 23.9 Å². The second-order valence-electron chi connectivity index (χ2n) is 4.55. The Bertz CT molecular complexity index is 805. The summed E-state index contributed by atoms with van der Waals surface area (Å²) in [6.45, 7) is 0.712. The maximum atomic E-state index is 14.0. The van der Waals surface area contributed by atoms with Crippen molar-refractivity contribution in [2.75, 3.05) is 6.61 Å². The van der Waals surface area contributed by atoms with E-state index in [1.807, 2.05) is 6.07 Å². The van der Waals surface area contributed by atoms with Gasteiger partial charge in [-0.25, -0.2) is 9.07 Å². The predicted octanol–water partition coefficient (Wildman–Crippen LogP) is 2.09. The lowest BCUT2D eigenvalue weighted by atomic mass is 10.0. The molecule has 3 rings (SSSR count). The van der Waals surface area contributed by atoms with E-state index in [1.54, 1.807) is 0 Å². The summed E-state index contributed by atoms with van der Waals surface area (Å²) in [6, 6.07) is 6.22. The van der Waals surface area contributed by atoms with E-state index in [9.17, 15) is 9.65 Å². The average molecular weight is 305 g/mol. The van der Waals surface area contributed by atoms with Gasteiger partial charge in [0.15, 0.2) is 5.49 Å². The van der Waals surface area contributed by atoms with Crippen molar-refractivity contribution in [1.29, 1.82) is 10.7 Å². The van der Waals surface area contributed by atoms with Crippen LogP contribution in [0, 0.1) is 22.6 Å². The van der Waals surface area contributed by atoms with E-state index in [0.29, 0.717) is 24.3 Å². The normalized spacial score (nSPS) is 13.6. The monoisotopic (exact) mass is 304 g/mol. The zero-order chi connectivity index (χ0) is 15.0. The Hall–Kier alpha value is -2.23. The van der Waals surface area contributed by atoms with Gasteiger partial charge in [-0.1, -0.05) is 17.7 Å². The molecule has 0 aliphatic carbocycles. The molecule has 1 aromatic heterocycles. The van der Waals surface area contributed by atoms with Crippen LogP contribution < -0.4 is 5.49 Å². The van der Waals surface area contributed by atoms with Crippen LogP contribution in [0.4, 0.5) is 4.39 Å². The number of halogens is 2. The summed E-state index contributed by atoms with van der Waals surface area (Å²) in [5.41, 5.74) is 1.20. The standard InChI is InChI=1S/C14H10ClFN4O/c15-10-2-1-3-11(16)13(10)20-14(18)9(6-17)8-4-5-21-7-12(8)19-20/h1-3,18H,4-5,7H2. The molecule has 0 bridgehead atoms. The highest BCUT2D eigenvalue weighted by atomic mass is 35.5. The number of para-hydroxylation sites is 1. The van der Waals surface area contributed by atoms with Gasteiger partial charge in [0.25, 0.3) is 0 Å². The molecule has 0 spiro atoms. The molecular formula is C14H10ClFN4O. The summed E-state index contributed by atoms with van der Waals surface area (Å²) in [5, 5.41) is 21.8. The molecule has 2 heterocycles. The van der Waals surface area contributed by atoms with Crippen molar-refractivity contribution >= 4 is 11.6 Å². The molecular weight excluding hydrogens is 295 g/mol. The van der Waals surface area contributed by atoms with Crippen molar-refractivity contribution in [1.82, 2.24) is 9.78 Å². The first-order valence-electron chi connectivity index (χ1n) is 6.25. The fourth-order valence-electron chi connectivity index (χ4n) is 2.33. The van der Waals surface area contributed by atoms with Gasteiger partial charge in [-0.05, 0) is 18.6 Å². The molecule has 2 aromatic rings.